The van der Waals surface area contributed by atoms with Crippen molar-refractivity contribution >= 4 is 6.29 Å². The molecule has 0 aromatic carbocycles. The van der Waals surface area contributed by atoms with Crippen molar-refractivity contribution in [3.05, 3.63) is 17.6 Å². The summed E-state index contributed by atoms with van der Waals surface area (Å²) in [5, 5.41) is 9.01. The first kappa shape index (κ1) is 6.86. The molecule has 0 atom stereocenters. The van der Waals surface area contributed by atoms with Crippen LogP contribution in [0.3, 0.4) is 0 Å². The van der Waals surface area contributed by atoms with Crippen LogP contribution in [0.25, 0.3) is 0 Å². The summed E-state index contributed by atoms with van der Waals surface area (Å²) in [5.41, 5.74) is 0.579. The van der Waals surface area contributed by atoms with Crippen LogP contribution >= 0.6 is 0 Å². The molecule has 10 heavy (non-hydrogen) atoms. The van der Waals surface area contributed by atoms with E-state index in [-0.39, 0.29) is 11.5 Å². The zero-order chi connectivity index (χ0) is 7.56. The van der Waals surface area contributed by atoms with E-state index in [0.717, 1.165) is 0 Å². The van der Waals surface area contributed by atoms with E-state index in [2.05, 4.69) is 0 Å². The van der Waals surface area contributed by atoms with Gasteiger partial charge in [-0.15, -0.1) is 0 Å². The van der Waals surface area contributed by atoms with E-state index in [4.69, 9.17) is 9.52 Å². The van der Waals surface area contributed by atoms with E-state index >= 15 is 0 Å². The van der Waals surface area contributed by atoms with Crippen molar-refractivity contribution in [3.8, 4) is 5.75 Å². The van der Waals surface area contributed by atoms with Crippen molar-refractivity contribution in [3.63, 3.8) is 0 Å². The number of carbonyl (C=O) groups excluding carboxylic acids is 1. The predicted octanol–water partition coefficient (Wildman–Crippen LogP) is 1.36. The second-order valence-electron chi connectivity index (χ2n) is 1.94. The lowest BCUT2D eigenvalue weighted by Crippen LogP contribution is -1.83. The quantitative estimate of drug-likeness (QED) is 0.631. The normalized spacial score (nSPS) is 9.70. The predicted molar refractivity (Wildman–Crippen MR) is 35.1 cm³/mol. The molecule has 0 radical (unpaired) electrons. The Morgan fingerprint density at radius 1 is 1.80 bits per heavy atom. The van der Waals surface area contributed by atoms with Crippen molar-refractivity contribution in [2.45, 2.75) is 13.3 Å². The summed E-state index contributed by atoms with van der Waals surface area (Å²) in [6.45, 7) is 1.84. The molecule has 0 fully saturated rings. The molecule has 1 heterocycles. The van der Waals surface area contributed by atoms with Crippen LogP contribution in [0.2, 0.25) is 0 Å². The number of hydrogen-bond donors (Lipinski definition) is 1. The maximum Gasteiger partial charge on any atom is 0.185 e. The molecule has 0 aliphatic carbocycles. The molecule has 3 heteroatoms. The van der Waals surface area contributed by atoms with Crippen LogP contribution in [0.5, 0.6) is 5.75 Å². The van der Waals surface area contributed by atoms with Crippen LogP contribution in [0.1, 0.15) is 23.0 Å². The minimum Gasteiger partial charge on any atom is -0.504 e. The van der Waals surface area contributed by atoms with Gasteiger partial charge < -0.3 is 9.52 Å². The lowest BCUT2D eigenvalue weighted by atomic mass is 10.2. The molecule has 0 amide bonds. The fraction of sp³-hybridized carbons (Fsp3) is 0.286. The average molecular weight is 140 g/mol. The highest BCUT2D eigenvalue weighted by molar-refractivity contribution is 5.74. The molecule has 1 aromatic rings. The molecule has 1 aromatic heterocycles. The van der Waals surface area contributed by atoms with Gasteiger partial charge in [-0.1, -0.05) is 6.92 Å². The first-order valence-corrected chi connectivity index (χ1v) is 3.04. The molecule has 0 saturated carbocycles. The van der Waals surface area contributed by atoms with E-state index in [0.29, 0.717) is 18.3 Å². The Morgan fingerprint density at radius 2 is 2.50 bits per heavy atom. The molecule has 0 aliphatic rings. The smallest absolute Gasteiger partial charge is 0.185 e. The minimum absolute atomic E-state index is 0.0598. The molecule has 0 bridgehead atoms. The summed E-state index contributed by atoms with van der Waals surface area (Å²) in [7, 11) is 0. The largest absolute Gasteiger partial charge is 0.504 e. The van der Waals surface area contributed by atoms with Crippen LogP contribution in [-0.4, -0.2) is 11.4 Å². The van der Waals surface area contributed by atoms with Crippen LogP contribution in [0.15, 0.2) is 10.7 Å². The zero-order valence-electron chi connectivity index (χ0n) is 5.63. The van der Waals surface area contributed by atoms with Crippen molar-refractivity contribution in [2.24, 2.45) is 0 Å². The second-order valence-corrected chi connectivity index (χ2v) is 1.94. The van der Waals surface area contributed by atoms with Crippen molar-refractivity contribution < 1.29 is 14.3 Å². The van der Waals surface area contributed by atoms with Crippen molar-refractivity contribution in [1.82, 2.24) is 0 Å². The van der Waals surface area contributed by atoms with E-state index in [1.54, 1.807) is 0 Å². The van der Waals surface area contributed by atoms with Crippen LogP contribution in [0.4, 0.5) is 0 Å². The Bertz CT molecular complexity index is 237. The summed E-state index contributed by atoms with van der Waals surface area (Å²) in [5.74, 6) is 0.282. The maximum absolute atomic E-state index is 10.2. The number of aldehydes is 1. The van der Waals surface area contributed by atoms with Gasteiger partial charge in [-0.05, 0) is 6.42 Å². The van der Waals surface area contributed by atoms with E-state index in [1.807, 2.05) is 6.92 Å². The SMILES string of the molecule is CCc1c(O)coc1C=O. The van der Waals surface area contributed by atoms with Gasteiger partial charge in [-0.25, -0.2) is 0 Å². The first-order valence-electron chi connectivity index (χ1n) is 3.04. The lowest BCUT2D eigenvalue weighted by Gasteiger charge is -1.89. The molecule has 1 N–H and O–H groups in total. The Labute approximate surface area is 58.3 Å². The highest BCUT2D eigenvalue weighted by Crippen LogP contribution is 2.21. The molecule has 0 unspecified atom stereocenters. The summed E-state index contributed by atoms with van der Waals surface area (Å²) >= 11 is 0. The minimum atomic E-state index is 0.0598. The Hall–Kier alpha value is -1.25. The molecule has 0 aliphatic heterocycles. The number of furan rings is 1. The Balaban J connectivity index is 3.12. The molecule has 3 nitrogen and oxygen atoms in total. The van der Waals surface area contributed by atoms with Gasteiger partial charge >= 0.3 is 0 Å². The molecular formula is C7H8O3. The summed E-state index contributed by atoms with van der Waals surface area (Å²) < 4.78 is 4.72. The number of aromatic hydroxyl groups is 1. The third-order valence-electron chi connectivity index (χ3n) is 1.36. The molecule has 0 saturated heterocycles. The highest BCUT2D eigenvalue weighted by Gasteiger charge is 2.08. The van der Waals surface area contributed by atoms with E-state index < -0.39 is 0 Å². The van der Waals surface area contributed by atoms with Crippen molar-refractivity contribution in [1.29, 1.82) is 0 Å². The van der Waals surface area contributed by atoms with Crippen LogP contribution in [-0.2, 0) is 6.42 Å². The third kappa shape index (κ3) is 0.900. The standard InChI is InChI=1S/C7H8O3/c1-2-5-6(9)4-10-7(5)3-8/h3-4,9H,2H2,1H3. The lowest BCUT2D eigenvalue weighted by molar-refractivity contribution is 0.109. The average Bonchev–Trinajstić information content (AvgIpc) is 2.30. The van der Waals surface area contributed by atoms with E-state index in [1.165, 1.54) is 6.26 Å². The van der Waals surface area contributed by atoms with Gasteiger partial charge in [0.1, 0.15) is 6.26 Å². The summed E-state index contributed by atoms with van der Waals surface area (Å²) in [6, 6.07) is 0. The summed E-state index contributed by atoms with van der Waals surface area (Å²) in [4.78, 5) is 10.2. The number of rotatable bonds is 2. The van der Waals surface area contributed by atoms with Gasteiger partial charge in [0.15, 0.2) is 17.8 Å². The zero-order valence-corrected chi connectivity index (χ0v) is 5.63. The van der Waals surface area contributed by atoms with E-state index in [9.17, 15) is 4.79 Å². The van der Waals surface area contributed by atoms with Crippen LogP contribution < -0.4 is 0 Å². The van der Waals surface area contributed by atoms with Gasteiger partial charge in [0.25, 0.3) is 0 Å². The van der Waals surface area contributed by atoms with Gasteiger partial charge in [0, 0.05) is 5.56 Å². The second kappa shape index (κ2) is 2.56. The maximum atomic E-state index is 10.2. The summed E-state index contributed by atoms with van der Waals surface area (Å²) in [6.07, 6.45) is 2.37. The Kier molecular flexibility index (Phi) is 1.76. The van der Waals surface area contributed by atoms with Gasteiger partial charge in [-0.2, -0.15) is 0 Å². The van der Waals surface area contributed by atoms with Gasteiger partial charge in [0.2, 0.25) is 0 Å². The highest BCUT2D eigenvalue weighted by atomic mass is 16.4. The topological polar surface area (TPSA) is 50.4 Å². The van der Waals surface area contributed by atoms with Gasteiger partial charge in [-0.3, -0.25) is 4.79 Å². The fourth-order valence-electron chi connectivity index (χ4n) is 0.842. The molecule has 54 valence electrons. The third-order valence-corrected chi connectivity index (χ3v) is 1.36. The monoisotopic (exact) mass is 140 g/mol. The number of hydrogen-bond acceptors (Lipinski definition) is 3. The van der Waals surface area contributed by atoms with Crippen LogP contribution in [0, 0.1) is 0 Å². The molecular weight excluding hydrogens is 132 g/mol. The fourth-order valence-corrected chi connectivity index (χ4v) is 0.842. The Morgan fingerprint density at radius 3 is 2.90 bits per heavy atom. The van der Waals surface area contributed by atoms with Crippen molar-refractivity contribution in [2.75, 3.05) is 0 Å². The molecule has 0 spiro atoms. The molecule has 1 rings (SSSR count). The first-order chi connectivity index (χ1) is 4.79. The van der Waals surface area contributed by atoms with Gasteiger partial charge in [0.05, 0.1) is 0 Å². The number of carbonyl (C=O) groups is 1.